The Bertz CT molecular complexity index is 1420. The number of nitrogens with zero attached hydrogens (tertiary/aromatic N) is 7. The van der Waals surface area contributed by atoms with E-state index in [0.29, 0.717) is 50.1 Å². The predicted octanol–water partition coefficient (Wildman–Crippen LogP) is 3.86. The SMILES string of the molecule is C=CC(=O)N1CCN(c2nc(OCC3CCCN3C(C)C)nc3c2CCC(N2CCCc4ccc(O)cc42)C3)CC1CC#N. The van der Waals surface area contributed by atoms with Crippen LogP contribution in [0.3, 0.4) is 0 Å². The van der Waals surface area contributed by atoms with Crippen LogP contribution < -0.4 is 14.5 Å². The zero-order valence-corrected chi connectivity index (χ0v) is 26.1. The number of likely N-dealkylation sites (tertiary alicyclic amines) is 1. The maximum atomic E-state index is 12.6. The van der Waals surface area contributed by atoms with E-state index >= 15 is 0 Å². The van der Waals surface area contributed by atoms with E-state index in [2.05, 4.69) is 47.3 Å². The number of amides is 1. The number of fused-ring (bicyclic) bond motifs is 2. The fourth-order valence-corrected chi connectivity index (χ4v) is 7.74. The fourth-order valence-electron chi connectivity index (χ4n) is 7.74. The van der Waals surface area contributed by atoms with Crippen molar-refractivity contribution in [1.29, 1.82) is 5.26 Å². The van der Waals surface area contributed by atoms with E-state index in [-0.39, 0.29) is 24.4 Å². The second-order valence-electron chi connectivity index (χ2n) is 12.9. The van der Waals surface area contributed by atoms with E-state index in [9.17, 15) is 15.2 Å². The highest BCUT2D eigenvalue weighted by atomic mass is 16.5. The van der Waals surface area contributed by atoms with Crippen molar-refractivity contribution < 1.29 is 14.6 Å². The zero-order chi connectivity index (χ0) is 30.8. The van der Waals surface area contributed by atoms with Gasteiger partial charge < -0.3 is 24.5 Å². The highest BCUT2D eigenvalue weighted by molar-refractivity contribution is 5.87. The van der Waals surface area contributed by atoms with Crippen LogP contribution in [0.4, 0.5) is 11.5 Å². The van der Waals surface area contributed by atoms with Gasteiger partial charge in [-0.05, 0) is 76.6 Å². The number of rotatable bonds is 8. The maximum absolute atomic E-state index is 12.6. The van der Waals surface area contributed by atoms with Gasteiger partial charge in [-0.3, -0.25) is 9.69 Å². The number of carbonyl (C=O) groups excluding carboxylic acids is 1. The van der Waals surface area contributed by atoms with Gasteiger partial charge >= 0.3 is 6.01 Å². The standard InChI is InChI=1S/C34H45N7O3/c1-4-32(43)41-18-17-38(21-26(41)13-14-35)33-29-12-10-25(40-16-5-7-24-9-11-28(42)20-31(24)40)19-30(29)36-34(37-33)44-22-27-8-6-15-39(27)23(2)3/h4,9,11,20,23,25-27,42H,1,5-8,10,12-13,15-19,21-22H2,2-3H3. The van der Waals surface area contributed by atoms with Crippen molar-refractivity contribution in [3.63, 3.8) is 0 Å². The molecule has 0 bridgehead atoms. The van der Waals surface area contributed by atoms with Crippen LogP contribution in [0.25, 0.3) is 0 Å². The molecule has 1 aromatic heterocycles. The number of anilines is 2. The normalized spacial score (nSPS) is 23.7. The number of aromatic nitrogens is 2. The topological polar surface area (TPSA) is 109 Å². The van der Waals surface area contributed by atoms with Gasteiger partial charge in [-0.25, -0.2) is 0 Å². The predicted molar refractivity (Wildman–Crippen MR) is 170 cm³/mol. The van der Waals surface area contributed by atoms with E-state index in [4.69, 9.17) is 14.7 Å². The molecule has 4 heterocycles. The number of aryl methyl sites for hydroxylation is 1. The Hall–Kier alpha value is -3.84. The van der Waals surface area contributed by atoms with Crippen molar-refractivity contribution in [2.75, 3.05) is 49.1 Å². The van der Waals surface area contributed by atoms with Crippen LogP contribution in [0, 0.1) is 11.3 Å². The largest absolute Gasteiger partial charge is 0.508 e. The lowest BCUT2D eigenvalue weighted by atomic mass is 9.88. The average Bonchev–Trinajstić information content (AvgIpc) is 3.52. The molecule has 3 atom stereocenters. The highest BCUT2D eigenvalue weighted by Gasteiger charge is 2.36. The highest BCUT2D eigenvalue weighted by Crippen LogP contribution is 2.38. The molecule has 6 rings (SSSR count). The summed E-state index contributed by atoms with van der Waals surface area (Å²) >= 11 is 0. The summed E-state index contributed by atoms with van der Waals surface area (Å²) in [5, 5.41) is 19.8. The molecule has 0 saturated carbocycles. The third-order valence-corrected chi connectivity index (χ3v) is 9.93. The minimum Gasteiger partial charge on any atom is -0.508 e. The number of hydrogen-bond acceptors (Lipinski definition) is 9. The number of ether oxygens (including phenoxy) is 1. The van der Waals surface area contributed by atoms with Gasteiger partial charge in [-0.15, -0.1) is 0 Å². The van der Waals surface area contributed by atoms with E-state index in [1.54, 1.807) is 11.0 Å². The Kier molecular flexibility index (Phi) is 8.94. The number of carbonyl (C=O) groups is 1. The number of hydrogen-bond donors (Lipinski definition) is 1. The van der Waals surface area contributed by atoms with Gasteiger partial charge in [0, 0.05) is 68.0 Å². The van der Waals surface area contributed by atoms with E-state index in [0.717, 1.165) is 74.4 Å². The summed E-state index contributed by atoms with van der Waals surface area (Å²) in [6, 6.07) is 9.26. The van der Waals surface area contributed by atoms with Crippen LogP contribution >= 0.6 is 0 Å². The number of phenolic OH excluding ortho intramolecular Hbond substituents is 1. The smallest absolute Gasteiger partial charge is 0.318 e. The monoisotopic (exact) mass is 599 g/mol. The lowest BCUT2D eigenvalue weighted by Crippen LogP contribution is -2.55. The minimum atomic E-state index is -0.235. The quantitative estimate of drug-likeness (QED) is 0.453. The number of aromatic hydroxyl groups is 1. The average molecular weight is 600 g/mol. The van der Waals surface area contributed by atoms with Crippen molar-refractivity contribution >= 4 is 17.4 Å². The third-order valence-electron chi connectivity index (χ3n) is 9.93. The molecule has 2 saturated heterocycles. The molecule has 3 unspecified atom stereocenters. The number of benzene rings is 1. The molecular weight excluding hydrogens is 554 g/mol. The van der Waals surface area contributed by atoms with Gasteiger partial charge in [0.1, 0.15) is 18.2 Å². The van der Waals surface area contributed by atoms with E-state index < -0.39 is 0 Å². The molecule has 0 spiro atoms. The second-order valence-corrected chi connectivity index (χ2v) is 12.9. The Balaban J connectivity index is 1.30. The molecule has 1 N–H and O–H groups in total. The summed E-state index contributed by atoms with van der Waals surface area (Å²) in [7, 11) is 0. The van der Waals surface area contributed by atoms with Gasteiger partial charge in [0.25, 0.3) is 0 Å². The molecule has 2 fully saturated rings. The molecule has 44 heavy (non-hydrogen) atoms. The van der Waals surface area contributed by atoms with E-state index in [1.807, 2.05) is 6.07 Å². The molecule has 10 nitrogen and oxygen atoms in total. The third kappa shape index (κ3) is 6.07. The Morgan fingerprint density at radius 1 is 1.16 bits per heavy atom. The lowest BCUT2D eigenvalue weighted by Gasteiger charge is -2.43. The molecule has 1 amide bonds. The van der Waals surface area contributed by atoms with Crippen LogP contribution in [0.15, 0.2) is 30.9 Å². The van der Waals surface area contributed by atoms with Crippen LogP contribution in [-0.2, 0) is 24.1 Å². The van der Waals surface area contributed by atoms with Crippen molar-refractivity contribution in [3.05, 3.63) is 47.7 Å². The molecule has 234 valence electrons. The first-order chi connectivity index (χ1) is 21.4. The van der Waals surface area contributed by atoms with Gasteiger partial charge in [0.2, 0.25) is 5.91 Å². The first kappa shape index (κ1) is 30.2. The van der Waals surface area contributed by atoms with Gasteiger partial charge in [-0.2, -0.15) is 15.2 Å². The number of nitriles is 1. The van der Waals surface area contributed by atoms with Crippen LogP contribution in [-0.4, -0.2) is 94.3 Å². The second kappa shape index (κ2) is 13.0. The van der Waals surface area contributed by atoms with Crippen LogP contribution in [0.5, 0.6) is 11.8 Å². The van der Waals surface area contributed by atoms with Gasteiger partial charge in [0.15, 0.2) is 0 Å². The molecule has 2 aromatic rings. The molecular formula is C34H45N7O3. The molecule has 0 radical (unpaired) electrons. The van der Waals surface area contributed by atoms with Gasteiger partial charge in [0.05, 0.1) is 24.2 Å². The lowest BCUT2D eigenvalue weighted by molar-refractivity contribution is -0.128. The molecule has 10 heteroatoms. The Morgan fingerprint density at radius 2 is 2.02 bits per heavy atom. The molecule has 1 aliphatic carbocycles. The first-order valence-corrected chi connectivity index (χ1v) is 16.3. The minimum absolute atomic E-state index is 0.138. The maximum Gasteiger partial charge on any atom is 0.318 e. The van der Waals surface area contributed by atoms with Crippen LogP contribution in [0.2, 0.25) is 0 Å². The number of piperazine rings is 1. The van der Waals surface area contributed by atoms with Crippen molar-refractivity contribution in [1.82, 2.24) is 19.8 Å². The fraction of sp³-hybridized carbons (Fsp3) is 0.588. The Morgan fingerprint density at radius 3 is 2.82 bits per heavy atom. The molecule has 4 aliphatic rings. The van der Waals surface area contributed by atoms with Gasteiger partial charge in [-0.1, -0.05) is 12.6 Å². The van der Waals surface area contributed by atoms with Crippen molar-refractivity contribution in [3.8, 4) is 17.8 Å². The summed E-state index contributed by atoms with van der Waals surface area (Å²) in [6.07, 6.45) is 8.54. The summed E-state index contributed by atoms with van der Waals surface area (Å²) in [5.41, 5.74) is 4.58. The summed E-state index contributed by atoms with van der Waals surface area (Å²) in [4.78, 5) is 31.6. The van der Waals surface area contributed by atoms with Crippen LogP contribution in [0.1, 0.15) is 62.8 Å². The molecule has 1 aromatic carbocycles. The van der Waals surface area contributed by atoms with E-state index in [1.165, 1.54) is 18.1 Å². The zero-order valence-electron chi connectivity index (χ0n) is 26.1. The number of phenols is 1. The Labute approximate surface area is 260 Å². The van der Waals surface area contributed by atoms with Crippen molar-refractivity contribution in [2.45, 2.75) is 89.4 Å². The summed E-state index contributed by atoms with van der Waals surface area (Å²) < 4.78 is 6.40. The molecule has 3 aliphatic heterocycles. The van der Waals surface area contributed by atoms with Crippen molar-refractivity contribution in [2.24, 2.45) is 0 Å². The summed E-state index contributed by atoms with van der Waals surface area (Å²) in [5.74, 6) is 1.04. The first-order valence-electron chi connectivity index (χ1n) is 16.3. The summed E-state index contributed by atoms with van der Waals surface area (Å²) in [6.45, 7) is 12.4.